The molecular formula is C16H27ClN2O3S. The van der Waals surface area contributed by atoms with E-state index in [9.17, 15) is 13.2 Å². The third-order valence-corrected chi connectivity index (χ3v) is 5.11. The van der Waals surface area contributed by atoms with Crippen molar-refractivity contribution < 1.29 is 13.2 Å². The van der Waals surface area contributed by atoms with Crippen molar-refractivity contribution in [3.8, 4) is 0 Å². The van der Waals surface area contributed by atoms with Gasteiger partial charge in [-0.2, -0.15) is 0 Å². The molecular weight excluding hydrogens is 336 g/mol. The molecule has 0 bridgehead atoms. The Morgan fingerprint density at radius 3 is 2.43 bits per heavy atom. The molecule has 0 aliphatic rings. The van der Waals surface area contributed by atoms with Crippen molar-refractivity contribution in [2.24, 2.45) is 11.7 Å². The number of hydrogen-bond donors (Lipinski definition) is 2. The SMILES string of the molecule is CCC(=O)c1cccc(S(=O)(=O)NC(C)(CN)CC(C)C)c1.Cl. The summed E-state index contributed by atoms with van der Waals surface area (Å²) >= 11 is 0. The predicted molar refractivity (Wildman–Crippen MR) is 95.5 cm³/mol. The highest BCUT2D eigenvalue weighted by Crippen LogP contribution is 2.20. The minimum atomic E-state index is -3.72. The number of hydrogen-bond acceptors (Lipinski definition) is 4. The van der Waals surface area contributed by atoms with Crippen LogP contribution in [0.1, 0.15) is 50.9 Å². The molecule has 0 aliphatic carbocycles. The van der Waals surface area contributed by atoms with Crippen LogP contribution in [0, 0.1) is 5.92 Å². The second-order valence-electron chi connectivity index (χ2n) is 6.27. The lowest BCUT2D eigenvalue weighted by Gasteiger charge is -2.30. The van der Waals surface area contributed by atoms with E-state index in [1.54, 1.807) is 26.0 Å². The molecule has 0 amide bonds. The third-order valence-electron chi connectivity index (χ3n) is 3.48. The summed E-state index contributed by atoms with van der Waals surface area (Å²) in [6, 6.07) is 6.11. The van der Waals surface area contributed by atoms with Gasteiger partial charge in [0.05, 0.1) is 4.90 Å². The van der Waals surface area contributed by atoms with E-state index in [2.05, 4.69) is 4.72 Å². The minimum Gasteiger partial charge on any atom is -0.329 e. The second kappa shape index (κ2) is 8.78. The zero-order valence-electron chi connectivity index (χ0n) is 14.1. The number of Topliss-reactive ketones (excluding diaryl/α,β-unsaturated/α-hetero) is 1. The fourth-order valence-corrected chi connectivity index (χ4v) is 3.96. The molecule has 132 valence electrons. The summed E-state index contributed by atoms with van der Waals surface area (Å²) in [5.41, 5.74) is 5.45. The predicted octanol–water partition coefficient (Wildman–Crippen LogP) is 2.74. The van der Waals surface area contributed by atoms with Crippen LogP contribution in [0.2, 0.25) is 0 Å². The van der Waals surface area contributed by atoms with Crippen LogP contribution in [0.15, 0.2) is 29.2 Å². The van der Waals surface area contributed by atoms with Gasteiger partial charge in [0.15, 0.2) is 5.78 Å². The lowest BCUT2D eigenvalue weighted by molar-refractivity contribution is 0.0988. The van der Waals surface area contributed by atoms with Gasteiger partial charge in [-0.3, -0.25) is 4.79 Å². The maximum atomic E-state index is 12.6. The largest absolute Gasteiger partial charge is 0.329 e. The zero-order chi connectivity index (χ0) is 17.0. The number of carbonyl (C=O) groups is 1. The normalized spacial score (nSPS) is 14.2. The molecule has 23 heavy (non-hydrogen) atoms. The number of carbonyl (C=O) groups excluding carboxylic acids is 1. The van der Waals surface area contributed by atoms with Crippen LogP contribution < -0.4 is 10.5 Å². The first kappa shape index (κ1) is 22.1. The van der Waals surface area contributed by atoms with Crippen LogP contribution in [0.25, 0.3) is 0 Å². The third kappa shape index (κ3) is 6.22. The van der Waals surface area contributed by atoms with Gasteiger partial charge in [-0.15, -0.1) is 12.4 Å². The first-order valence-electron chi connectivity index (χ1n) is 7.51. The minimum absolute atomic E-state index is 0. The number of ketones is 1. The Hall–Kier alpha value is -0.950. The van der Waals surface area contributed by atoms with Gasteiger partial charge in [0.2, 0.25) is 10.0 Å². The molecule has 1 unspecified atom stereocenters. The van der Waals surface area contributed by atoms with Crippen LogP contribution >= 0.6 is 12.4 Å². The van der Waals surface area contributed by atoms with Crippen molar-refractivity contribution in [2.45, 2.75) is 51.0 Å². The van der Waals surface area contributed by atoms with Crippen LogP contribution in [0.3, 0.4) is 0 Å². The van der Waals surface area contributed by atoms with Crippen molar-refractivity contribution in [3.05, 3.63) is 29.8 Å². The standard InChI is InChI=1S/C16H26N2O3S.ClH/c1-5-15(19)13-7-6-8-14(9-13)22(20,21)18-16(4,11-17)10-12(2)3;/h6-9,12,18H,5,10-11,17H2,1-4H3;1H. The molecule has 0 aliphatic heterocycles. The van der Waals surface area contributed by atoms with Crippen molar-refractivity contribution in [2.75, 3.05) is 6.54 Å². The fourth-order valence-electron chi connectivity index (χ4n) is 2.49. The van der Waals surface area contributed by atoms with E-state index in [1.165, 1.54) is 12.1 Å². The summed E-state index contributed by atoms with van der Waals surface area (Å²) < 4.78 is 27.8. The molecule has 1 aromatic rings. The van der Waals surface area contributed by atoms with E-state index < -0.39 is 15.6 Å². The van der Waals surface area contributed by atoms with Crippen molar-refractivity contribution in [3.63, 3.8) is 0 Å². The molecule has 0 saturated heterocycles. The summed E-state index contributed by atoms with van der Waals surface area (Å²) in [6.07, 6.45) is 0.973. The van der Waals surface area contributed by atoms with Gasteiger partial charge >= 0.3 is 0 Å². The Labute approximate surface area is 145 Å². The molecule has 1 rings (SSSR count). The van der Waals surface area contributed by atoms with Crippen molar-refractivity contribution in [1.82, 2.24) is 4.72 Å². The first-order chi connectivity index (χ1) is 10.1. The summed E-state index contributed by atoms with van der Waals surface area (Å²) in [4.78, 5) is 11.8. The van der Waals surface area contributed by atoms with Crippen LogP contribution in [-0.2, 0) is 10.0 Å². The van der Waals surface area contributed by atoms with Gasteiger partial charge < -0.3 is 5.73 Å². The van der Waals surface area contributed by atoms with E-state index in [0.29, 0.717) is 24.3 Å². The Balaban J connectivity index is 0.00000484. The number of halogens is 1. The molecule has 0 saturated carbocycles. The lowest BCUT2D eigenvalue weighted by Crippen LogP contribution is -2.52. The molecule has 3 N–H and O–H groups in total. The van der Waals surface area contributed by atoms with E-state index in [1.807, 2.05) is 13.8 Å². The number of rotatable bonds is 8. The van der Waals surface area contributed by atoms with E-state index >= 15 is 0 Å². The number of nitrogens with one attached hydrogen (secondary N) is 1. The molecule has 0 aromatic heterocycles. The van der Waals surface area contributed by atoms with Crippen LogP contribution in [0.4, 0.5) is 0 Å². The molecule has 1 aromatic carbocycles. The van der Waals surface area contributed by atoms with Gasteiger partial charge in [0.25, 0.3) is 0 Å². The Bertz CT molecular complexity index is 632. The molecule has 0 spiro atoms. The maximum Gasteiger partial charge on any atom is 0.241 e. The van der Waals surface area contributed by atoms with E-state index in [-0.39, 0.29) is 29.6 Å². The highest BCUT2D eigenvalue weighted by Gasteiger charge is 2.30. The highest BCUT2D eigenvalue weighted by atomic mass is 35.5. The summed E-state index contributed by atoms with van der Waals surface area (Å²) in [5, 5.41) is 0. The summed E-state index contributed by atoms with van der Waals surface area (Å²) in [7, 11) is -3.72. The molecule has 1 atom stereocenters. The van der Waals surface area contributed by atoms with Gasteiger partial charge in [0.1, 0.15) is 0 Å². The average molecular weight is 363 g/mol. The number of sulfonamides is 1. The summed E-state index contributed by atoms with van der Waals surface area (Å²) in [5.74, 6) is 0.227. The Kier molecular flexibility index (Phi) is 8.41. The van der Waals surface area contributed by atoms with Gasteiger partial charge in [0, 0.05) is 24.1 Å². The smallest absolute Gasteiger partial charge is 0.241 e. The van der Waals surface area contributed by atoms with Crippen molar-refractivity contribution in [1.29, 1.82) is 0 Å². The molecule has 7 heteroatoms. The Morgan fingerprint density at radius 1 is 1.35 bits per heavy atom. The first-order valence-corrected chi connectivity index (χ1v) is 8.99. The second-order valence-corrected chi connectivity index (χ2v) is 7.96. The molecule has 0 heterocycles. The fraction of sp³-hybridized carbons (Fsp3) is 0.562. The molecule has 0 fully saturated rings. The average Bonchev–Trinajstić information content (AvgIpc) is 2.45. The van der Waals surface area contributed by atoms with Gasteiger partial charge in [-0.1, -0.05) is 32.9 Å². The van der Waals surface area contributed by atoms with E-state index in [0.717, 1.165) is 0 Å². The Morgan fingerprint density at radius 2 is 1.96 bits per heavy atom. The lowest BCUT2D eigenvalue weighted by atomic mass is 9.92. The summed E-state index contributed by atoms with van der Waals surface area (Å²) in [6.45, 7) is 7.78. The van der Waals surface area contributed by atoms with E-state index in [4.69, 9.17) is 5.73 Å². The highest BCUT2D eigenvalue weighted by molar-refractivity contribution is 7.89. The maximum absolute atomic E-state index is 12.6. The quantitative estimate of drug-likeness (QED) is 0.696. The topological polar surface area (TPSA) is 89.3 Å². The monoisotopic (exact) mass is 362 g/mol. The van der Waals surface area contributed by atoms with Gasteiger partial charge in [-0.25, -0.2) is 13.1 Å². The van der Waals surface area contributed by atoms with Crippen LogP contribution in [-0.4, -0.2) is 26.3 Å². The number of nitrogens with two attached hydrogens (primary N) is 1. The molecule has 5 nitrogen and oxygen atoms in total. The molecule has 0 radical (unpaired) electrons. The van der Waals surface area contributed by atoms with Crippen molar-refractivity contribution >= 4 is 28.2 Å². The van der Waals surface area contributed by atoms with Crippen LogP contribution in [0.5, 0.6) is 0 Å². The number of benzene rings is 1. The van der Waals surface area contributed by atoms with Gasteiger partial charge in [-0.05, 0) is 31.4 Å². The zero-order valence-corrected chi connectivity index (χ0v) is 15.8.